The summed E-state index contributed by atoms with van der Waals surface area (Å²) in [4.78, 5) is 12.1. The van der Waals surface area contributed by atoms with E-state index in [-0.39, 0.29) is 5.91 Å². The van der Waals surface area contributed by atoms with Crippen LogP contribution < -0.4 is 14.9 Å². The van der Waals surface area contributed by atoms with Crippen molar-refractivity contribution < 1.29 is 14.3 Å². The van der Waals surface area contributed by atoms with Crippen molar-refractivity contribution in [2.45, 2.75) is 13.0 Å². The molecular formula is C19H18Br2N2O3. The highest BCUT2D eigenvalue weighted by Gasteiger charge is 2.14. The lowest BCUT2D eigenvalue weighted by Gasteiger charge is -2.13. The first kappa shape index (κ1) is 20.2. The number of nitrogens with one attached hydrogen (secondary N) is 1. The smallest absolute Gasteiger partial charge is 0.280 e. The van der Waals surface area contributed by atoms with E-state index in [1.165, 1.54) is 6.21 Å². The van der Waals surface area contributed by atoms with Gasteiger partial charge in [0.15, 0.2) is 6.10 Å². The number of carbonyl (C=O) groups excluding carboxylic acids is 1. The minimum atomic E-state index is -0.688. The van der Waals surface area contributed by atoms with Crippen LogP contribution in [0.25, 0.3) is 0 Å². The molecule has 0 saturated heterocycles. The van der Waals surface area contributed by atoms with Gasteiger partial charge in [0.2, 0.25) is 0 Å². The van der Waals surface area contributed by atoms with Gasteiger partial charge in [0.1, 0.15) is 18.1 Å². The zero-order valence-corrected chi connectivity index (χ0v) is 17.3. The van der Waals surface area contributed by atoms with E-state index >= 15 is 0 Å². The fraction of sp³-hybridized carbons (Fsp3) is 0.158. The monoisotopic (exact) mass is 480 g/mol. The van der Waals surface area contributed by atoms with Crippen molar-refractivity contribution in [2.24, 2.45) is 5.10 Å². The van der Waals surface area contributed by atoms with E-state index in [4.69, 9.17) is 9.47 Å². The second-order valence-electron chi connectivity index (χ2n) is 5.23. The van der Waals surface area contributed by atoms with Crippen molar-refractivity contribution in [3.8, 4) is 11.5 Å². The Morgan fingerprint density at radius 1 is 1.23 bits per heavy atom. The van der Waals surface area contributed by atoms with Crippen LogP contribution in [0.3, 0.4) is 0 Å². The van der Waals surface area contributed by atoms with Gasteiger partial charge in [-0.3, -0.25) is 4.79 Å². The van der Waals surface area contributed by atoms with Crippen molar-refractivity contribution in [1.29, 1.82) is 0 Å². The standard InChI is InChI=1S/C19H18Br2N2O3/c1-3-10-25-18-9-6-16(21)11-14(18)12-22-23-19(24)13(2)26-17-7-4-15(20)5-8-17/h3-9,11-13H,1,10H2,2H3,(H,23,24). The molecule has 0 aliphatic rings. The molecule has 5 nitrogen and oxygen atoms in total. The Hall–Kier alpha value is -2.12. The van der Waals surface area contributed by atoms with Crippen molar-refractivity contribution in [1.82, 2.24) is 5.43 Å². The summed E-state index contributed by atoms with van der Waals surface area (Å²) < 4.78 is 13.0. The molecule has 2 aromatic carbocycles. The molecule has 0 radical (unpaired) electrons. The highest BCUT2D eigenvalue weighted by atomic mass is 79.9. The van der Waals surface area contributed by atoms with Gasteiger partial charge in [-0.15, -0.1) is 0 Å². The summed E-state index contributed by atoms with van der Waals surface area (Å²) in [7, 11) is 0. The van der Waals surface area contributed by atoms with Crippen molar-refractivity contribution in [3.63, 3.8) is 0 Å². The molecule has 2 aromatic rings. The van der Waals surface area contributed by atoms with Gasteiger partial charge in [-0.05, 0) is 49.4 Å². The van der Waals surface area contributed by atoms with Crippen LogP contribution in [0.2, 0.25) is 0 Å². The summed E-state index contributed by atoms with van der Waals surface area (Å²) in [5, 5.41) is 3.99. The number of carbonyl (C=O) groups is 1. The summed E-state index contributed by atoms with van der Waals surface area (Å²) in [5.41, 5.74) is 3.20. The van der Waals surface area contributed by atoms with Gasteiger partial charge in [-0.25, -0.2) is 5.43 Å². The molecule has 0 aliphatic heterocycles. The molecule has 1 amide bonds. The molecule has 0 bridgehead atoms. The number of hydrogen-bond acceptors (Lipinski definition) is 4. The predicted octanol–water partition coefficient (Wildman–Crippen LogP) is 4.69. The van der Waals surface area contributed by atoms with Crippen LogP contribution in [0.1, 0.15) is 12.5 Å². The Morgan fingerprint density at radius 2 is 1.92 bits per heavy atom. The van der Waals surface area contributed by atoms with Crippen molar-refractivity contribution in [3.05, 3.63) is 69.6 Å². The van der Waals surface area contributed by atoms with Crippen LogP contribution in [0.4, 0.5) is 0 Å². The lowest BCUT2D eigenvalue weighted by atomic mass is 10.2. The molecule has 1 unspecified atom stereocenters. The number of halogens is 2. The zero-order chi connectivity index (χ0) is 18.9. The van der Waals surface area contributed by atoms with E-state index < -0.39 is 6.10 Å². The molecule has 0 heterocycles. The molecule has 136 valence electrons. The quantitative estimate of drug-likeness (QED) is 0.338. The molecule has 0 spiro atoms. The highest BCUT2D eigenvalue weighted by molar-refractivity contribution is 9.10. The maximum Gasteiger partial charge on any atom is 0.280 e. The molecule has 0 saturated carbocycles. The summed E-state index contributed by atoms with van der Waals surface area (Å²) in [6.07, 6.45) is 2.49. The Kier molecular flexibility index (Phi) is 7.87. The van der Waals surface area contributed by atoms with E-state index in [9.17, 15) is 4.79 Å². The zero-order valence-electron chi connectivity index (χ0n) is 14.1. The Labute approximate surface area is 169 Å². The number of hydrazone groups is 1. The minimum absolute atomic E-state index is 0.354. The summed E-state index contributed by atoms with van der Waals surface area (Å²) >= 11 is 6.75. The number of hydrogen-bond donors (Lipinski definition) is 1. The van der Waals surface area contributed by atoms with Gasteiger partial charge in [-0.1, -0.05) is 44.5 Å². The maximum atomic E-state index is 12.1. The summed E-state index contributed by atoms with van der Waals surface area (Å²) in [5.74, 6) is 0.893. The van der Waals surface area contributed by atoms with Crippen LogP contribution in [0.5, 0.6) is 11.5 Å². The highest BCUT2D eigenvalue weighted by Crippen LogP contribution is 2.22. The maximum absolute atomic E-state index is 12.1. The van der Waals surface area contributed by atoms with E-state index in [1.807, 2.05) is 30.3 Å². The largest absolute Gasteiger partial charge is 0.489 e. The third kappa shape index (κ3) is 6.31. The minimum Gasteiger partial charge on any atom is -0.489 e. The van der Waals surface area contributed by atoms with Crippen LogP contribution in [0, 0.1) is 0 Å². The van der Waals surface area contributed by atoms with Crippen LogP contribution in [0.15, 0.2) is 69.2 Å². The number of rotatable bonds is 8. The van der Waals surface area contributed by atoms with Crippen LogP contribution >= 0.6 is 31.9 Å². The van der Waals surface area contributed by atoms with Crippen LogP contribution in [-0.2, 0) is 4.79 Å². The molecular weight excluding hydrogens is 464 g/mol. The molecule has 0 fully saturated rings. The molecule has 1 atom stereocenters. The molecule has 0 aromatic heterocycles. The first-order chi connectivity index (χ1) is 12.5. The van der Waals surface area contributed by atoms with Gasteiger partial charge in [0.25, 0.3) is 5.91 Å². The molecule has 7 heteroatoms. The number of nitrogens with zero attached hydrogens (tertiary/aromatic N) is 1. The Balaban J connectivity index is 1.96. The van der Waals surface area contributed by atoms with Gasteiger partial charge < -0.3 is 9.47 Å². The summed E-state index contributed by atoms with van der Waals surface area (Å²) in [6.45, 7) is 5.66. The summed E-state index contributed by atoms with van der Waals surface area (Å²) in [6, 6.07) is 12.8. The molecule has 2 rings (SSSR count). The SMILES string of the molecule is C=CCOc1ccc(Br)cc1C=NNC(=O)C(C)Oc1ccc(Br)cc1. The third-order valence-corrected chi connectivity index (χ3v) is 4.22. The second kappa shape index (κ2) is 10.1. The average molecular weight is 482 g/mol. The topological polar surface area (TPSA) is 59.9 Å². The first-order valence-electron chi connectivity index (χ1n) is 7.78. The van der Waals surface area contributed by atoms with Gasteiger partial charge in [0.05, 0.1) is 6.21 Å². The van der Waals surface area contributed by atoms with Gasteiger partial charge >= 0.3 is 0 Å². The third-order valence-electron chi connectivity index (χ3n) is 3.20. The second-order valence-corrected chi connectivity index (χ2v) is 7.06. The van der Waals surface area contributed by atoms with Crippen LogP contribution in [-0.4, -0.2) is 24.8 Å². The molecule has 26 heavy (non-hydrogen) atoms. The number of amides is 1. The fourth-order valence-corrected chi connectivity index (χ4v) is 2.57. The molecule has 1 N–H and O–H groups in total. The fourth-order valence-electron chi connectivity index (χ4n) is 1.93. The van der Waals surface area contributed by atoms with Gasteiger partial charge in [-0.2, -0.15) is 5.10 Å². The lowest BCUT2D eigenvalue weighted by molar-refractivity contribution is -0.127. The van der Waals surface area contributed by atoms with E-state index in [1.54, 1.807) is 25.1 Å². The predicted molar refractivity (Wildman–Crippen MR) is 110 cm³/mol. The Morgan fingerprint density at radius 3 is 2.62 bits per heavy atom. The number of benzene rings is 2. The first-order valence-corrected chi connectivity index (χ1v) is 9.36. The Bertz CT molecular complexity index is 792. The van der Waals surface area contributed by atoms with E-state index in [0.29, 0.717) is 18.1 Å². The van der Waals surface area contributed by atoms with Gasteiger partial charge in [0, 0.05) is 14.5 Å². The molecule has 0 aliphatic carbocycles. The number of ether oxygens (including phenoxy) is 2. The van der Waals surface area contributed by atoms with E-state index in [0.717, 1.165) is 14.5 Å². The normalized spacial score (nSPS) is 11.8. The lowest BCUT2D eigenvalue weighted by Crippen LogP contribution is -2.33. The average Bonchev–Trinajstić information content (AvgIpc) is 2.62. The van der Waals surface area contributed by atoms with Crippen molar-refractivity contribution in [2.75, 3.05) is 6.61 Å². The van der Waals surface area contributed by atoms with E-state index in [2.05, 4.69) is 49.0 Å². The van der Waals surface area contributed by atoms with Crippen molar-refractivity contribution >= 4 is 44.0 Å².